The summed E-state index contributed by atoms with van der Waals surface area (Å²) in [5.41, 5.74) is 0.444. The Morgan fingerprint density at radius 2 is 2.00 bits per heavy atom. The summed E-state index contributed by atoms with van der Waals surface area (Å²) in [5, 5.41) is 0.676. The number of rotatable bonds is 4. The molecule has 1 aromatic heterocycles. The van der Waals surface area contributed by atoms with Gasteiger partial charge in [-0.15, -0.1) is 0 Å². The SMILES string of the molecule is CC(C)(C)OC(=O)N1CCC[C@@H]1[C@H]1CCCCN1Cc1ncc(-c2cccc(Cl)c2)o1. The largest absolute Gasteiger partial charge is 0.444 e. The fourth-order valence-corrected chi connectivity index (χ4v) is 4.91. The van der Waals surface area contributed by atoms with Crippen molar-refractivity contribution in [2.75, 3.05) is 13.1 Å². The molecule has 0 radical (unpaired) electrons. The summed E-state index contributed by atoms with van der Waals surface area (Å²) in [5.74, 6) is 1.42. The van der Waals surface area contributed by atoms with Gasteiger partial charge in [-0.1, -0.05) is 30.2 Å². The Hall–Kier alpha value is -2.05. The lowest BCUT2D eigenvalue weighted by Crippen LogP contribution is -2.53. The number of likely N-dealkylation sites (tertiary alicyclic amines) is 2. The minimum Gasteiger partial charge on any atom is -0.444 e. The topological polar surface area (TPSA) is 58.8 Å². The summed E-state index contributed by atoms with van der Waals surface area (Å²) in [6.07, 6.45) is 7.01. The van der Waals surface area contributed by atoms with E-state index in [0.717, 1.165) is 50.1 Å². The average Bonchev–Trinajstić information content (AvgIpc) is 3.37. The van der Waals surface area contributed by atoms with Gasteiger partial charge in [0, 0.05) is 23.2 Å². The van der Waals surface area contributed by atoms with Crippen LogP contribution in [0.1, 0.15) is 58.8 Å². The highest BCUT2D eigenvalue weighted by atomic mass is 35.5. The molecule has 0 saturated carbocycles. The van der Waals surface area contributed by atoms with Crippen molar-refractivity contribution in [2.24, 2.45) is 0 Å². The summed E-state index contributed by atoms with van der Waals surface area (Å²) in [7, 11) is 0. The van der Waals surface area contributed by atoms with Crippen molar-refractivity contribution in [3.63, 3.8) is 0 Å². The summed E-state index contributed by atoms with van der Waals surface area (Å²) >= 11 is 6.12. The normalized spacial score (nSPS) is 22.6. The molecule has 4 rings (SSSR count). The second kappa shape index (κ2) is 9.21. The van der Waals surface area contributed by atoms with Crippen molar-refractivity contribution < 1.29 is 13.9 Å². The maximum atomic E-state index is 12.8. The standard InChI is InChI=1S/C24H32ClN3O3/c1-24(2,3)31-23(29)28-13-7-11-20(28)19-10-4-5-12-27(19)16-22-26-15-21(30-22)17-8-6-9-18(25)14-17/h6,8-9,14-15,19-20H,4-5,7,10-13,16H2,1-3H3/t19-,20-/m1/s1. The molecule has 0 bridgehead atoms. The number of nitrogens with zero attached hydrogens (tertiary/aromatic N) is 3. The van der Waals surface area contributed by atoms with Crippen molar-refractivity contribution in [1.29, 1.82) is 0 Å². The molecule has 0 unspecified atom stereocenters. The van der Waals surface area contributed by atoms with E-state index in [1.54, 1.807) is 6.20 Å². The number of halogens is 1. The van der Waals surface area contributed by atoms with Crippen molar-refractivity contribution in [1.82, 2.24) is 14.8 Å². The van der Waals surface area contributed by atoms with Crippen LogP contribution in [0, 0.1) is 0 Å². The minimum absolute atomic E-state index is 0.178. The second-order valence-corrected chi connectivity index (χ2v) is 9.98. The average molecular weight is 446 g/mol. The molecule has 2 aliphatic heterocycles. The van der Waals surface area contributed by atoms with Crippen LogP contribution in [0.5, 0.6) is 0 Å². The summed E-state index contributed by atoms with van der Waals surface area (Å²) in [6.45, 7) is 8.15. The number of hydrogen-bond donors (Lipinski definition) is 0. The third kappa shape index (κ3) is 5.42. The molecule has 1 aromatic carbocycles. The van der Waals surface area contributed by atoms with Gasteiger partial charge in [0.2, 0.25) is 5.89 Å². The van der Waals surface area contributed by atoms with Crippen LogP contribution >= 0.6 is 11.6 Å². The highest BCUT2D eigenvalue weighted by Crippen LogP contribution is 2.32. The third-order valence-corrected chi connectivity index (χ3v) is 6.27. The van der Waals surface area contributed by atoms with E-state index in [4.69, 9.17) is 20.8 Å². The van der Waals surface area contributed by atoms with Crippen LogP contribution in [0.25, 0.3) is 11.3 Å². The van der Waals surface area contributed by atoms with Gasteiger partial charge in [0.25, 0.3) is 0 Å². The molecule has 0 aliphatic carbocycles. The summed E-state index contributed by atoms with van der Waals surface area (Å²) < 4.78 is 11.7. The van der Waals surface area contributed by atoms with Crippen LogP contribution in [0.2, 0.25) is 5.02 Å². The molecule has 2 atom stereocenters. The maximum absolute atomic E-state index is 12.8. The number of hydrogen-bond acceptors (Lipinski definition) is 5. The first kappa shape index (κ1) is 22.2. The zero-order valence-electron chi connectivity index (χ0n) is 18.6. The molecule has 6 nitrogen and oxygen atoms in total. The van der Waals surface area contributed by atoms with Crippen LogP contribution in [-0.4, -0.2) is 51.7 Å². The summed E-state index contributed by atoms with van der Waals surface area (Å²) in [4.78, 5) is 21.7. The van der Waals surface area contributed by atoms with Crippen LogP contribution in [0.4, 0.5) is 4.79 Å². The van der Waals surface area contributed by atoms with Gasteiger partial charge in [-0.25, -0.2) is 9.78 Å². The maximum Gasteiger partial charge on any atom is 0.410 e. The second-order valence-electron chi connectivity index (χ2n) is 9.55. The van der Waals surface area contributed by atoms with E-state index in [-0.39, 0.29) is 12.1 Å². The quantitative estimate of drug-likeness (QED) is 0.599. The zero-order valence-corrected chi connectivity index (χ0v) is 19.4. The number of ether oxygens (including phenoxy) is 1. The monoisotopic (exact) mass is 445 g/mol. The molecule has 2 saturated heterocycles. The van der Waals surface area contributed by atoms with Crippen molar-refractivity contribution in [3.8, 4) is 11.3 Å². The van der Waals surface area contributed by atoms with E-state index in [2.05, 4.69) is 9.88 Å². The van der Waals surface area contributed by atoms with E-state index in [1.165, 1.54) is 6.42 Å². The number of benzene rings is 1. The highest BCUT2D eigenvalue weighted by Gasteiger charge is 2.40. The molecule has 1 amide bonds. The number of aromatic nitrogens is 1. The Morgan fingerprint density at radius 1 is 1.19 bits per heavy atom. The summed E-state index contributed by atoms with van der Waals surface area (Å²) in [6, 6.07) is 8.08. The molecule has 2 fully saturated rings. The predicted molar refractivity (Wildman–Crippen MR) is 121 cm³/mol. The zero-order chi connectivity index (χ0) is 22.0. The van der Waals surface area contributed by atoms with E-state index in [1.807, 2.05) is 49.9 Å². The van der Waals surface area contributed by atoms with Gasteiger partial charge in [0.15, 0.2) is 5.76 Å². The lowest BCUT2D eigenvalue weighted by Gasteiger charge is -2.41. The van der Waals surface area contributed by atoms with E-state index < -0.39 is 5.60 Å². The molecule has 2 aliphatic rings. The van der Waals surface area contributed by atoms with Gasteiger partial charge in [-0.2, -0.15) is 0 Å². The van der Waals surface area contributed by atoms with Gasteiger partial charge in [0.05, 0.1) is 18.8 Å². The Labute approximate surface area is 189 Å². The molecule has 168 valence electrons. The molecular formula is C24H32ClN3O3. The molecule has 3 heterocycles. The van der Waals surface area contributed by atoms with Gasteiger partial charge >= 0.3 is 6.09 Å². The predicted octanol–water partition coefficient (Wildman–Crippen LogP) is 5.75. The van der Waals surface area contributed by atoms with Crippen LogP contribution in [-0.2, 0) is 11.3 Å². The first-order valence-electron chi connectivity index (χ1n) is 11.2. The lowest BCUT2D eigenvalue weighted by molar-refractivity contribution is 0.00541. The number of amides is 1. The van der Waals surface area contributed by atoms with E-state index >= 15 is 0 Å². The van der Waals surface area contributed by atoms with Crippen LogP contribution in [0.3, 0.4) is 0 Å². The number of oxazole rings is 1. The van der Waals surface area contributed by atoms with Crippen molar-refractivity contribution in [2.45, 2.75) is 77.1 Å². The van der Waals surface area contributed by atoms with E-state index in [0.29, 0.717) is 23.5 Å². The van der Waals surface area contributed by atoms with Gasteiger partial charge < -0.3 is 14.1 Å². The molecule has 7 heteroatoms. The Balaban J connectivity index is 1.47. The molecule has 31 heavy (non-hydrogen) atoms. The Morgan fingerprint density at radius 3 is 2.77 bits per heavy atom. The molecule has 0 N–H and O–H groups in total. The fourth-order valence-electron chi connectivity index (χ4n) is 4.72. The molecular weight excluding hydrogens is 414 g/mol. The number of carbonyl (C=O) groups is 1. The first-order chi connectivity index (χ1) is 14.8. The number of piperidine rings is 1. The van der Waals surface area contributed by atoms with Gasteiger partial charge in [-0.05, 0) is 65.1 Å². The van der Waals surface area contributed by atoms with Crippen molar-refractivity contribution in [3.05, 3.63) is 41.4 Å². The minimum atomic E-state index is -0.481. The molecule has 0 spiro atoms. The Bertz CT molecular complexity index is 907. The lowest BCUT2D eigenvalue weighted by atomic mass is 9.94. The van der Waals surface area contributed by atoms with Crippen LogP contribution < -0.4 is 0 Å². The van der Waals surface area contributed by atoms with Gasteiger partial charge in [-0.3, -0.25) is 4.90 Å². The van der Waals surface area contributed by atoms with Crippen LogP contribution in [0.15, 0.2) is 34.9 Å². The van der Waals surface area contributed by atoms with Crippen molar-refractivity contribution >= 4 is 17.7 Å². The molecule has 2 aromatic rings. The smallest absolute Gasteiger partial charge is 0.410 e. The first-order valence-corrected chi connectivity index (χ1v) is 11.6. The third-order valence-electron chi connectivity index (χ3n) is 6.04. The van der Waals surface area contributed by atoms with E-state index in [9.17, 15) is 4.79 Å². The Kier molecular flexibility index (Phi) is 6.58. The number of carbonyl (C=O) groups excluding carboxylic acids is 1. The fraction of sp³-hybridized carbons (Fsp3) is 0.583. The highest BCUT2D eigenvalue weighted by molar-refractivity contribution is 6.30. The van der Waals surface area contributed by atoms with Gasteiger partial charge in [0.1, 0.15) is 5.60 Å².